The fourth-order valence-electron chi connectivity index (χ4n) is 5.38. The molecule has 1 amide bonds. The van der Waals surface area contributed by atoms with E-state index in [1.54, 1.807) is 0 Å². The van der Waals surface area contributed by atoms with E-state index in [1.165, 1.54) is 16.8 Å². The Labute approximate surface area is 229 Å². The van der Waals surface area contributed by atoms with E-state index in [2.05, 4.69) is 77.3 Å². The first-order valence-electron chi connectivity index (χ1n) is 13.0. The summed E-state index contributed by atoms with van der Waals surface area (Å²) in [5.41, 5.74) is 9.59. The number of rotatable bonds is 6. The van der Waals surface area contributed by atoms with Crippen LogP contribution in [0.25, 0.3) is 5.69 Å². The Hall–Kier alpha value is -3.97. The Morgan fingerprint density at radius 3 is 2.50 bits per heavy atom. The number of amides is 1. The summed E-state index contributed by atoms with van der Waals surface area (Å²) in [6.07, 6.45) is 2.26. The highest BCUT2D eigenvalue weighted by Crippen LogP contribution is 2.44. The lowest BCUT2D eigenvalue weighted by Crippen LogP contribution is -2.29. The monoisotopic (exact) mass is 523 g/mol. The molecule has 0 spiro atoms. The number of thiocarbonyl (C=S) groups is 1. The van der Waals surface area contributed by atoms with Crippen molar-refractivity contribution in [3.05, 3.63) is 107 Å². The van der Waals surface area contributed by atoms with Gasteiger partial charge in [0.25, 0.3) is 0 Å². The maximum atomic E-state index is 12.0. The molecule has 0 bridgehead atoms. The molecule has 2 aromatic carbocycles. The molecule has 2 atom stereocenters. The quantitative estimate of drug-likeness (QED) is 0.278. The van der Waals surface area contributed by atoms with Gasteiger partial charge in [-0.1, -0.05) is 25.1 Å². The zero-order valence-electron chi connectivity index (χ0n) is 22.4. The van der Waals surface area contributed by atoms with E-state index in [0.717, 1.165) is 34.0 Å². The fourth-order valence-corrected chi connectivity index (χ4v) is 5.72. The predicted octanol–water partition coefficient (Wildman–Crippen LogP) is 6.63. The molecule has 2 N–H and O–H groups in total. The molecule has 6 nitrogen and oxygen atoms in total. The molecule has 0 aliphatic carbocycles. The standard InChI is InChI=1S/C31H33N5OS/c1-6-28(37)33-26-14-13-24(17-20(26)3)36-30(29(34-31(36)38)27-12-7-8-15-32-27)25-18-21(4)35(22(25)5)23-11-9-10-19(2)16-23/h7-18,29-30H,6H2,1-5H3,(H,33,37)(H,34,38)/t29-,30-/m0/s1. The summed E-state index contributed by atoms with van der Waals surface area (Å²) in [6.45, 7) is 10.3. The number of pyridine rings is 1. The van der Waals surface area contributed by atoms with Crippen LogP contribution in [0, 0.1) is 27.7 Å². The number of nitrogens with zero attached hydrogens (tertiary/aromatic N) is 3. The molecule has 2 aromatic heterocycles. The summed E-state index contributed by atoms with van der Waals surface area (Å²) in [5, 5.41) is 7.20. The van der Waals surface area contributed by atoms with Gasteiger partial charge in [-0.3, -0.25) is 9.78 Å². The Morgan fingerprint density at radius 1 is 1.00 bits per heavy atom. The second-order valence-corrected chi connectivity index (χ2v) is 10.3. The third-order valence-electron chi connectivity index (χ3n) is 7.23. The van der Waals surface area contributed by atoms with E-state index in [-0.39, 0.29) is 18.0 Å². The van der Waals surface area contributed by atoms with Crippen molar-refractivity contribution in [3.8, 4) is 5.69 Å². The minimum atomic E-state index is -0.130. The number of benzene rings is 2. The van der Waals surface area contributed by atoms with Gasteiger partial charge in [0.05, 0.1) is 17.8 Å². The van der Waals surface area contributed by atoms with Crippen LogP contribution in [0.5, 0.6) is 0 Å². The van der Waals surface area contributed by atoms with Gasteiger partial charge in [0.2, 0.25) is 5.91 Å². The lowest BCUT2D eigenvalue weighted by atomic mass is 9.96. The minimum Gasteiger partial charge on any atom is -0.351 e. The number of carbonyl (C=O) groups excluding carboxylic acids is 1. The summed E-state index contributed by atoms with van der Waals surface area (Å²) in [4.78, 5) is 18.9. The Kier molecular flexibility index (Phi) is 7.04. The number of nitrogens with one attached hydrogen (secondary N) is 2. The van der Waals surface area contributed by atoms with Gasteiger partial charge >= 0.3 is 0 Å². The van der Waals surface area contributed by atoms with Crippen LogP contribution < -0.4 is 15.5 Å². The fraction of sp³-hybridized carbons (Fsp3) is 0.258. The molecule has 4 aromatic rings. The van der Waals surface area contributed by atoms with Crippen molar-refractivity contribution in [1.29, 1.82) is 0 Å². The van der Waals surface area contributed by atoms with Crippen molar-refractivity contribution in [2.45, 2.75) is 53.1 Å². The van der Waals surface area contributed by atoms with Crippen LogP contribution in [0.1, 0.15) is 59.2 Å². The van der Waals surface area contributed by atoms with E-state index in [4.69, 9.17) is 17.2 Å². The molecule has 38 heavy (non-hydrogen) atoms. The second kappa shape index (κ2) is 10.4. The topological polar surface area (TPSA) is 62.2 Å². The summed E-state index contributed by atoms with van der Waals surface area (Å²) in [7, 11) is 0. The molecular weight excluding hydrogens is 490 g/mol. The van der Waals surface area contributed by atoms with Crippen LogP contribution in [0.4, 0.5) is 11.4 Å². The molecule has 0 saturated carbocycles. The third kappa shape index (κ3) is 4.70. The highest BCUT2D eigenvalue weighted by atomic mass is 32.1. The van der Waals surface area contributed by atoms with E-state index in [0.29, 0.717) is 11.5 Å². The maximum Gasteiger partial charge on any atom is 0.224 e. The van der Waals surface area contributed by atoms with Gasteiger partial charge in [0.1, 0.15) is 0 Å². The van der Waals surface area contributed by atoms with Crippen molar-refractivity contribution in [1.82, 2.24) is 14.9 Å². The molecular formula is C31H33N5OS. The third-order valence-corrected chi connectivity index (χ3v) is 7.54. The van der Waals surface area contributed by atoms with E-state index in [9.17, 15) is 4.79 Å². The number of aryl methyl sites for hydroxylation is 3. The Balaban J connectivity index is 1.64. The molecule has 194 valence electrons. The molecule has 1 saturated heterocycles. The molecule has 1 aliphatic rings. The van der Waals surface area contributed by atoms with Gasteiger partial charge < -0.3 is 20.1 Å². The number of carbonyl (C=O) groups is 1. The second-order valence-electron chi connectivity index (χ2n) is 9.90. The normalized spacial score (nSPS) is 17.0. The van der Waals surface area contributed by atoms with Crippen LogP contribution >= 0.6 is 12.2 Å². The van der Waals surface area contributed by atoms with Gasteiger partial charge in [0, 0.05) is 41.1 Å². The first kappa shape index (κ1) is 25.7. The van der Waals surface area contributed by atoms with Crippen molar-refractivity contribution in [3.63, 3.8) is 0 Å². The van der Waals surface area contributed by atoms with Gasteiger partial charge in [-0.25, -0.2) is 0 Å². The zero-order chi connectivity index (χ0) is 27.0. The first-order valence-corrected chi connectivity index (χ1v) is 13.4. The molecule has 5 rings (SSSR count). The van der Waals surface area contributed by atoms with Crippen molar-refractivity contribution in [2.24, 2.45) is 0 Å². The van der Waals surface area contributed by atoms with Crippen LogP contribution in [-0.4, -0.2) is 20.6 Å². The van der Waals surface area contributed by atoms with E-state index < -0.39 is 0 Å². The SMILES string of the molecule is CCC(=O)Nc1ccc(N2C(=S)N[C@@H](c3ccccn3)[C@@H]2c2cc(C)n(-c3cccc(C)c3)c2C)cc1C. The molecule has 3 heterocycles. The first-order chi connectivity index (χ1) is 18.3. The van der Waals surface area contributed by atoms with Crippen LogP contribution in [-0.2, 0) is 4.79 Å². The summed E-state index contributed by atoms with van der Waals surface area (Å²) in [5.74, 6) is -0.00380. The molecule has 0 radical (unpaired) electrons. The Morgan fingerprint density at radius 2 is 1.82 bits per heavy atom. The largest absolute Gasteiger partial charge is 0.351 e. The van der Waals surface area contributed by atoms with Gasteiger partial charge in [0.15, 0.2) is 5.11 Å². The predicted molar refractivity (Wildman–Crippen MR) is 158 cm³/mol. The smallest absolute Gasteiger partial charge is 0.224 e. The molecule has 1 aliphatic heterocycles. The lowest BCUT2D eigenvalue weighted by Gasteiger charge is -2.29. The molecule has 0 unspecified atom stereocenters. The highest BCUT2D eigenvalue weighted by Gasteiger charge is 2.42. The summed E-state index contributed by atoms with van der Waals surface area (Å²) < 4.78 is 2.31. The summed E-state index contributed by atoms with van der Waals surface area (Å²) in [6, 6.07) is 22.7. The van der Waals surface area contributed by atoms with E-state index >= 15 is 0 Å². The average molecular weight is 524 g/mol. The summed E-state index contributed by atoms with van der Waals surface area (Å²) >= 11 is 5.95. The number of anilines is 2. The molecule has 1 fully saturated rings. The zero-order valence-corrected chi connectivity index (χ0v) is 23.3. The van der Waals surface area contributed by atoms with E-state index in [1.807, 2.05) is 50.4 Å². The van der Waals surface area contributed by atoms with Crippen LogP contribution in [0.2, 0.25) is 0 Å². The van der Waals surface area contributed by atoms with Crippen molar-refractivity contribution >= 4 is 34.6 Å². The minimum absolute atomic E-state index is 0.00380. The number of aromatic nitrogens is 2. The maximum absolute atomic E-state index is 12.0. The lowest BCUT2D eigenvalue weighted by molar-refractivity contribution is -0.115. The van der Waals surface area contributed by atoms with Gasteiger partial charge in [-0.2, -0.15) is 0 Å². The highest BCUT2D eigenvalue weighted by molar-refractivity contribution is 7.80. The Bertz CT molecular complexity index is 1510. The van der Waals surface area contributed by atoms with Gasteiger partial charge in [-0.15, -0.1) is 0 Å². The molecule has 7 heteroatoms. The number of hydrogen-bond donors (Lipinski definition) is 2. The van der Waals surface area contributed by atoms with Crippen molar-refractivity contribution in [2.75, 3.05) is 10.2 Å². The average Bonchev–Trinajstić information content (AvgIpc) is 3.40. The van der Waals surface area contributed by atoms with Gasteiger partial charge in [-0.05, 0) is 105 Å². The number of hydrogen-bond acceptors (Lipinski definition) is 3. The van der Waals surface area contributed by atoms with Crippen LogP contribution in [0.15, 0.2) is 72.9 Å². The van der Waals surface area contributed by atoms with Crippen LogP contribution in [0.3, 0.4) is 0 Å². The van der Waals surface area contributed by atoms with Crippen molar-refractivity contribution < 1.29 is 4.79 Å².